The zero-order valence-corrected chi connectivity index (χ0v) is 8.32. The van der Waals surface area contributed by atoms with Gasteiger partial charge in [-0.3, -0.25) is 0 Å². The first kappa shape index (κ1) is 9.40. The zero-order chi connectivity index (χ0) is 10.0. The number of nitrogens with one attached hydrogen (secondary N) is 1. The van der Waals surface area contributed by atoms with Crippen LogP contribution < -0.4 is 5.32 Å². The molecule has 0 aliphatic heterocycles. The van der Waals surface area contributed by atoms with E-state index < -0.39 is 5.60 Å². The molecule has 1 heterocycles. The Bertz CT molecular complexity index is 323. The van der Waals surface area contributed by atoms with Gasteiger partial charge in [-0.05, 0) is 32.3 Å². The highest BCUT2D eigenvalue weighted by Gasteiger charge is 2.34. The number of aliphatic hydroxyl groups is 1. The molecule has 4 heteroatoms. The Morgan fingerprint density at radius 1 is 1.57 bits per heavy atom. The van der Waals surface area contributed by atoms with Crippen molar-refractivity contribution < 1.29 is 5.11 Å². The quantitative estimate of drug-likeness (QED) is 0.755. The third-order valence-corrected chi connectivity index (χ3v) is 2.65. The molecule has 0 amide bonds. The van der Waals surface area contributed by atoms with E-state index in [-0.39, 0.29) is 0 Å². The van der Waals surface area contributed by atoms with Gasteiger partial charge in [0.2, 0.25) is 5.95 Å². The average Bonchev–Trinajstić information content (AvgIpc) is 2.12. The van der Waals surface area contributed by atoms with Crippen molar-refractivity contribution in [1.82, 2.24) is 9.97 Å². The van der Waals surface area contributed by atoms with Crippen molar-refractivity contribution >= 4 is 5.95 Å². The number of hydrogen-bond acceptors (Lipinski definition) is 4. The minimum absolute atomic E-state index is 0.521. The lowest BCUT2D eigenvalue weighted by atomic mass is 9.80. The molecule has 1 aromatic heterocycles. The largest absolute Gasteiger partial charge is 0.388 e. The van der Waals surface area contributed by atoms with E-state index in [1.165, 1.54) is 0 Å². The molecule has 0 spiro atoms. The molecule has 0 saturated heterocycles. The van der Waals surface area contributed by atoms with Gasteiger partial charge in [0.05, 0.1) is 5.60 Å². The summed E-state index contributed by atoms with van der Waals surface area (Å²) < 4.78 is 0. The number of anilines is 1. The topological polar surface area (TPSA) is 58.0 Å². The Morgan fingerprint density at radius 3 is 2.93 bits per heavy atom. The molecule has 1 aliphatic rings. The van der Waals surface area contributed by atoms with Crippen LogP contribution in [0.2, 0.25) is 0 Å². The molecule has 2 N–H and O–H groups in total. The first-order valence-electron chi connectivity index (χ1n) is 4.94. The molecule has 0 radical (unpaired) electrons. The van der Waals surface area contributed by atoms with Crippen LogP contribution in [0, 0.1) is 6.92 Å². The van der Waals surface area contributed by atoms with E-state index >= 15 is 0 Å². The molecule has 76 valence electrons. The fourth-order valence-corrected chi connectivity index (χ4v) is 1.54. The predicted octanol–water partition coefficient (Wildman–Crippen LogP) is 1.11. The third kappa shape index (κ3) is 2.01. The SMILES string of the molecule is Cc1ccnc(NCC2(O)CCC2)n1. The molecule has 0 aromatic carbocycles. The summed E-state index contributed by atoms with van der Waals surface area (Å²) in [7, 11) is 0. The second-order valence-electron chi connectivity index (χ2n) is 3.95. The Hall–Kier alpha value is -1.16. The maximum absolute atomic E-state index is 9.82. The smallest absolute Gasteiger partial charge is 0.222 e. The van der Waals surface area contributed by atoms with E-state index in [0.29, 0.717) is 12.5 Å². The van der Waals surface area contributed by atoms with Crippen molar-refractivity contribution in [3.8, 4) is 0 Å². The molecule has 1 aliphatic carbocycles. The summed E-state index contributed by atoms with van der Waals surface area (Å²) in [5.74, 6) is 0.602. The highest BCUT2D eigenvalue weighted by Crippen LogP contribution is 2.31. The van der Waals surface area contributed by atoms with Gasteiger partial charge in [-0.2, -0.15) is 0 Å². The lowest BCUT2D eigenvalue weighted by Crippen LogP contribution is -2.43. The first-order valence-corrected chi connectivity index (χ1v) is 4.94. The summed E-state index contributed by atoms with van der Waals surface area (Å²) in [6.07, 6.45) is 4.60. The van der Waals surface area contributed by atoms with Crippen LogP contribution in [0.5, 0.6) is 0 Å². The van der Waals surface area contributed by atoms with E-state index in [1.54, 1.807) is 6.20 Å². The first-order chi connectivity index (χ1) is 6.68. The summed E-state index contributed by atoms with van der Waals surface area (Å²) in [4.78, 5) is 8.27. The van der Waals surface area contributed by atoms with Gasteiger partial charge in [0, 0.05) is 18.4 Å². The number of aromatic nitrogens is 2. The van der Waals surface area contributed by atoms with E-state index in [2.05, 4.69) is 15.3 Å². The predicted molar refractivity (Wildman–Crippen MR) is 54.1 cm³/mol. The van der Waals surface area contributed by atoms with Crippen molar-refractivity contribution in [2.45, 2.75) is 31.8 Å². The summed E-state index contributed by atoms with van der Waals surface area (Å²) >= 11 is 0. The van der Waals surface area contributed by atoms with Crippen molar-refractivity contribution in [2.75, 3.05) is 11.9 Å². The van der Waals surface area contributed by atoms with Crippen LogP contribution in [-0.2, 0) is 0 Å². The third-order valence-electron chi connectivity index (χ3n) is 2.65. The van der Waals surface area contributed by atoms with Gasteiger partial charge >= 0.3 is 0 Å². The monoisotopic (exact) mass is 193 g/mol. The number of nitrogens with zero attached hydrogens (tertiary/aromatic N) is 2. The molecule has 1 aromatic rings. The van der Waals surface area contributed by atoms with Crippen molar-refractivity contribution in [3.63, 3.8) is 0 Å². The minimum atomic E-state index is -0.521. The van der Waals surface area contributed by atoms with E-state index in [9.17, 15) is 5.11 Å². The summed E-state index contributed by atoms with van der Waals surface area (Å²) in [6, 6.07) is 1.85. The van der Waals surface area contributed by atoms with Gasteiger partial charge in [0.1, 0.15) is 0 Å². The van der Waals surface area contributed by atoms with E-state index in [1.807, 2.05) is 13.0 Å². The molecule has 1 fully saturated rings. The van der Waals surface area contributed by atoms with Gasteiger partial charge in [-0.15, -0.1) is 0 Å². The number of hydrogen-bond donors (Lipinski definition) is 2. The van der Waals surface area contributed by atoms with Crippen LogP contribution in [0.15, 0.2) is 12.3 Å². The molecule has 0 atom stereocenters. The Morgan fingerprint density at radius 2 is 2.36 bits per heavy atom. The maximum Gasteiger partial charge on any atom is 0.222 e. The van der Waals surface area contributed by atoms with Crippen molar-refractivity contribution in [2.24, 2.45) is 0 Å². The zero-order valence-electron chi connectivity index (χ0n) is 8.32. The number of aryl methyl sites for hydroxylation is 1. The molecule has 4 nitrogen and oxygen atoms in total. The Balaban J connectivity index is 1.91. The fraction of sp³-hybridized carbons (Fsp3) is 0.600. The van der Waals surface area contributed by atoms with Gasteiger partial charge in [-0.25, -0.2) is 9.97 Å². The summed E-state index contributed by atoms with van der Waals surface area (Å²) in [5, 5.41) is 12.9. The Kier molecular flexibility index (Phi) is 2.37. The van der Waals surface area contributed by atoms with Gasteiger partial charge in [0.25, 0.3) is 0 Å². The van der Waals surface area contributed by atoms with Crippen LogP contribution in [0.4, 0.5) is 5.95 Å². The standard InChI is InChI=1S/C10H15N3O/c1-8-3-6-11-9(13-8)12-7-10(14)4-2-5-10/h3,6,14H,2,4-5,7H2,1H3,(H,11,12,13). The highest BCUT2D eigenvalue weighted by molar-refractivity contribution is 5.25. The van der Waals surface area contributed by atoms with Crippen LogP contribution in [-0.4, -0.2) is 27.2 Å². The van der Waals surface area contributed by atoms with E-state index in [4.69, 9.17) is 0 Å². The summed E-state index contributed by atoms with van der Waals surface area (Å²) in [5.41, 5.74) is 0.413. The molecular formula is C10H15N3O. The van der Waals surface area contributed by atoms with Crippen LogP contribution >= 0.6 is 0 Å². The fourth-order valence-electron chi connectivity index (χ4n) is 1.54. The molecule has 0 bridgehead atoms. The van der Waals surface area contributed by atoms with Gasteiger partial charge in [0.15, 0.2) is 0 Å². The van der Waals surface area contributed by atoms with Gasteiger partial charge < -0.3 is 10.4 Å². The summed E-state index contributed by atoms with van der Waals surface area (Å²) in [6.45, 7) is 2.47. The second kappa shape index (κ2) is 3.53. The highest BCUT2D eigenvalue weighted by atomic mass is 16.3. The van der Waals surface area contributed by atoms with Gasteiger partial charge in [-0.1, -0.05) is 0 Å². The van der Waals surface area contributed by atoms with Crippen molar-refractivity contribution in [3.05, 3.63) is 18.0 Å². The Labute approximate surface area is 83.4 Å². The minimum Gasteiger partial charge on any atom is -0.388 e. The molecule has 1 saturated carbocycles. The van der Waals surface area contributed by atoms with Crippen LogP contribution in [0.25, 0.3) is 0 Å². The van der Waals surface area contributed by atoms with Crippen molar-refractivity contribution in [1.29, 1.82) is 0 Å². The lowest BCUT2D eigenvalue weighted by molar-refractivity contribution is -0.0203. The molecule has 0 unspecified atom stereocenters. The van der Waals surface area contributed by atoms with Crippen LogP contribution in [0.3, 0.4) is 0 Å². The normalized spacial score (nSPS) is 18.7. The van der Waals surface area contributed by atoms with E-state index in [0.717, 1.165) is 25.0 Å². The lowest BCUT2D eigenvalue weighted by Gasteiger charge is -2.36. The molecule has 14 heavy (non-hydrogen) atoms. The maximum atomic E-state index is 9.82. The molecule has 2 rings (SSSR count). The number of rotatable bonds is 3. The second-order valence-corrected chi connectivity index (χ2v) is 3.95. The average molecular weight is 193 g/mol. The van der Waals surface area contributed by atoms with Crippen LogP contribution in [0.1, 0.15) is 25.0 Å². The molecular weight excluding hydrogens is 178 g/mol.